The van der Waals surface area contributed by atoms with Crippen LogP contribution in [0.4, 0.5) is 13.2 Å². The number of alkyl halides is 3. The van der Waals surface area contributed by atoms with Crippen molar-refractivity contribution in [2.24, 2.45) is 28.7 Å². The van der Waals surface area contributed by atoms with Crippen molar-refractivity contribution in [2.45, 2.75) is 62.1 Å². The van der Waals surface area contributed by atoms with E-state index in [0.29, 0.717) is 28.7 Å². The third-order valence-corrected chi connectivity index (χ3v) is 7.75. The molecular formula is C15H20F3NOS. The highest BCUT2D eigenvalue weighted by Gasteiger charge is 2.66. The number of aliphatic hydroxyl groups is 1. The van der Waals surface area contributed by atoms with E-state index in [0.717, 1.165) is 25.7 Å². The molecule has 1 atom stereocenters. The number of hydrogen-bond donors (Lipinski definition) is 1. The smallest absolute Gasteiger partial charge is 0.362 e. The Morgan fingerprint density at radius 3 is 2.10 bits per heavy atom. The zero-order valence-electron chi connectivity index (χ0n) is 12.0. The van der Waals surface area contributed by atoms with Gasteiger partial charge in [-0.1, -0.05) is 0 Å². The van der Waals surface area contributed by atoms with E-state index in [-0.39, 0.29) is 6.42 Å². The molecule has 0 aromatic carbocycles. The number of nitrogens with zero attached hydrogens (tertiary/aromatic N) is 1. The standard InChI is InChI=1S/C15H20F3NOS/c1-8-19-14(20,15(16,17)18)7-13(21-8)11-3-9-2-10(5-11)6-12(13)4-9/h9-12,20H,2-7H2,1H3/t9?,10?,11?,12?,13?,14-/m0/s1. The fraction of sp³-hybridized carbons (Fsp3) is 0.933. The summed E-state index contributed by atoms with van der Waals surface area (Å²) in [7, 11) is 0. The van der Waals surface area contributed by atoms with Crippen molar-refractivity contribution in [1.82, 2.24) is 0 Å². The van der Waals surface area contributed by atoms with Crippen molar-refractivity contribution in [3.8, 4) is 0 Å². The summed E-state index contributed by atoms with van der Waals surface area (Å²) in [6.45, 7) is 1.62. The molecule has 0 unspecified atom stereocenters. The summed E-state index contributed by atoms with van der Waals surface area (Å²) in [5.74, 6) is 2.05. The van der Waals surface area contributed by atoms with Gasteiger partial charge in [-0.05, 0) is 62.7 Å². The van der Waals surface area contributed by atoms with Crippen molar-refractivity contribution in [2.75, 3.05) is 0 Å². The van der Waals surface area contributed by atoms with Crippen LogP contribution in [0.5, 0.6) is 0 Å². The summed E-state index contributed by atoms with van der Waals surface area (Å²) in [6.07, 6.45) is 0.506. The van der Waals surface area contributed by atoms with Crippen LogP contribution in [0.1, 0.15) is 45.4 Å². The van der Waals surface area contributed by atoms with Crippen molar-refractivity contribution in [3.05, 3.63) is 0 Å². The Balaban J connectivity index is 1.74. The Bertz CT molecular complexity index is 476. The first-order valence-corrected chi connectivity index (χ1v) is 8.58. The first-order valence-electron chi connectivity index (χ1n) is 7.76. The lowest BCUT2D eigenvalue weighted by Gasteiger charge is -2.63. The summed E-state index contributed by atoms with van der Waals surface area (Å²) in [5, 5.41) is 10.6. The lowest BCUT2D eigenvalue weighted by molar-refractivity contribution is -0.266. The molecule has 5 rings (SSSR count). The Morgan fingerprint density at radius 2 is 1.62 bits per heavy atom. The molecule has 0 saturated heterocycles. The molecule has 1 aliphatic heterocycles. The highest BCUT2D eigenvalue weighted by Crippen LogP contribution is 2.66. The molecule has 6 heteroatoms. The quantitative estimate of drug-likeness (QED) is 0.732. The summed E-state index contributed by atoms with van der Waals surface area (Å²) < 4.78 is 39.6. The molecule has 0 aromatic heterocycles. The fourth-order valence-corrected chi connectivity index (χ4v) is 7.36. The van der Waals surface area contributed by atoms with Gasteiger partial charge >= 0.3 is 6.18 Å². The third-order valence-electron chi connectivity index (χ3n) is 6.18. The van der Waals surface area contributed by atoms with Gasteiger partial charge in [-0.15, -0.1) is 11.8 Å². The van der Waals surface area contributed by atoms with Crippen molar-refractivity contribution < 1.29 is 18.3 Å². The second-order valence-electron chi connectivity index (χ2n) is 7.48. The van der Waals surface area contributed by atoms with Gasteiger partial charge in [-0.25, -0.2) is 4.99 Å². The van der Waals surface area contributed by atoms with E-state index in [1.165, 1.54) is 18.2 Å². The van der Waals surface area contributed by atoms with Crippen LogP contribution in [0, 0.1) is 23.7 Å². The fourth-order valence-electron chi connectivity index (χ4n) is 5.62. The van der Waals surface area contributed by atoms with Crippen molar-refractivity contribution >= 4 is 16.8 Å². The predicted molar refractivity (Wildman–Crippen MR) is 76.1 cm³/mol. The third kappa shape index (κ3) is 1.94. The SMILES string of the molecule is CC1=N[C@@](O)(C(F)(F)F)CC2(S1)C1CC3CC(C1)CC2C3. The van der Waals surface area contributed by atoms with Crippen LogP contribution in [0.3, 0.4) is 0 Å². The van der Waals surface area contributed by atoms with Gasteiger partial charge in [-0.3, -0.25) is 0 Å². The minimum Gasteiger partial charge on any atom is -0.362 e. The second kappa shape index (κ2) is 4.19. The van der Waals surface area contributed by atoms with E-state index in [1.54, 1.807) is 6.92 Å². The molecule has 1 spiro atoms. The number of aliphatic imine (C=N–C) groups is 1. The highest BCUT2D eigenvalue weighted by molar-refractivity contribution is 8.15. The summed E-state index contributed by atoms with van der Waals surface area (Å²) in [5.41, 5.74) is -2.88. The summed E-state index contributed by atoms with van der Waals surface area (Å²) >= 11 is 1.53. The molecule has 1 heterocycles. The molecule has 0 radical (unpaired) electrons. The number of thioether (sulfide) groups is 1. The maximum Gasteiger partial charge on any atom is 0.438 e. The second-order valence-corrected chi connectivity index (χ2v) is 9.04. The molecule has 4 bridgehead atoms. The van der Waals surface area contributed by atoms with Gasteiger partial charge in [0.1, 0.15) is 0 Å². The topological polar surface area (TPSA) is 32.6 Å². The van der Waals surface area contributed by atoms with Gasteiger partial charge in [0.15, 0.2) is 0 Å². The first kappa shape index (κ1) is 14.4. The van der Waals surface area contributed by atoms with Crippen LogP contribution in [0.25, 0.3) is 0 Å². The zero-order chi connectivity index (χ0) is 15.0. The van der Waals surface area contributed by atoms with Crippen LogP contribution in [-0.4, -0.2) is 26.8 Å². The molecule has 2 nitrogen and oxygen atoms in total. The Kier molecular flexibility index (Phi) is 2.87. The first-order chi connectivity index (χ1) is 9.72. The maximum absolute atomic E-state index is 13.3. The molecule has 21 heavy (non-hydrogen) atoms. The summed E-state index contributed by atoms with van der Waals surface area (Å²) in [6, 6.07) is 0. The minimum atomic E-state index is -4.68. The molecule has 118 valence electrons. The Hall–Kier alpha value is -0.230. The van der Waals surface area contributed by atoms with Gasteiger partial charge in [0.05, 0.1) is 5.04 Å². The molecule has 5 aliphatic rings. The lowest BCUT2D eigenvalue weighted by atomic mass is 9.50. The van der Waals surface area contributed by atoms with Crippen LogP contribution in [0.2, 0.25) is 0 Å². The number of rotatable bonds is 0. The van der Waals surface area contributed by atoms with E-state index in [9.17, 15) is 18.3 Å². The molecule has 0 aromatic rings. The van der Waals surface area contributed by atoms with E-state index in [4.69, 9.17) is 0 Å². The van der Waals surface area contributed by atoms with E-state index < -0.39 is 16.6 Å². The maximum atomic E-state index is 13.3. The minimum absolute atomic E-state index is 0.250. The number of hydrogen-bond acceptors (Lipinski definition) is 3. The number of halogens is 3. The van der Waals surface area contributed by atoms with Gasteiger partial charge < -0.3 is 5.11 Å². The highest BCUT2D eigenvalue weighted by atomic mass is 32.2. The Morgan fingerprint density at radius 1 is 1.10 bits per heavy atom. The largest absolute Gasteiger partial charge is 0.438 e. The molecule has 0 amide bonds. The molecule has 4 saturated carbocycles. The van der Waals surface area contributed by atoms with E-state index in [1.807, 2.05) is 0 Å². The van der Waals surface area contributed by atoms with Gasteiger partial charge in [0, 0.05) is 11.2 Å². The average Bonchev–Trinajstić information content (AvgIpc) is 2.33. The molecule has 1 N–H and O–H groups in total. The van der Waals surface area contributed by atoms with Gasteiger partial charge in [0.25, 0.3) is 5.72 Å². The van der Waals surface area contributed by atoms with Crippen molar-refractivity contribution in [1.29, 1.82) is 0 Å². The van der Waals surface area contributed by atoms with Crippen LogP contribution < -0.4 is 0 Å². The normalized spacial score (nSPS) is 52.3. The monoisotopic (exact) mass is 319 g/mol. The average molecular weight is 319 g/mol. The molecular weight excluding hydrogens is 299 g/mol. The zero-order valence-corrected chi connectivity index (χ0v) is 12.8. The van der Waals surface area contributed by atoms with Gasteiger partial charge in [0.2, 0.25) is 0 Å². The van der Waals surface area contributed by atoms with Crippen LogP contribution in [-0.2, 0) is 0 Å². The predicted octanol–water partition coefficient (Wildman–Crippen LogP) is 3.99. The van der Waals surface area contributed by atoms with Crippen molar-refractivity contribution in [3.63, 3.8) is 0 Å². The van der Waals surface area contributed by atoms with E-state index >= 15 is 0 Å². The van der Waals surface area contributed by atoms with Gasteiger partial charge in [-0.2, -0.15) is 13.2 Å². The molecule has 4 fully saturated rings. The molecule has 4 aliphatic carbocycles. The lowest BCUT2D eigenvalue weighted by Crippen LogP contribution is -2.62. The summed E-state index contributed by atoms with van der Waals surface area (Å²) in [4.78, 5) is 3.60. The van der Waals surface area contributed by atoms with Crippen LogP contribution in [0.15, 0.2) is 4.99 Å². The van der Waals surface area contributed by atoms with Crippen LogP contribution >= 0.6 is 11.8 Å². The van der Waals surface area contributed by atoms with E-state index in [2.05, 4.69) is 4.99 Å². The Labute approximate surface area is 126 Å².